The summed E-state index contributed by atoms with van der Waals surface area (Å²) in [5, 5.41) is 0. The molecule has 2 heterocycles. The van der Waals surface area contributed by atoms with Gasteiger partial charge in [-0.3, -0.25) is 4.79 Å². The zero-order chi connectivity index (χ0) is 17.6. The quantitative estimate of drug-likeness (QED) is 0.783. The highest BCUT2D eigenvalue weighted by molar-refractivity contribution is 6.04. The summed E-state index contributed by atoms with van der Waals surface area (Å²) in [6.45, 7) is 6.25. The Kier molecular flexibility index (Phi) is 3.60. The highest BCUT2D eigenvalue weighted by atomic mass is 16.7. The first-order chi connectivity index (χ1) is 12.1. The standard InChI is InChI=1S/C20H20O5/c1-4-7-20-10-17(22-3)14(21)9-18(20)25-19(12(20)2)13-5-6-15-16(8-13)24-11-23-15/h4-6,8-10,12,19H,1,7,11H2,2-3H3/t12-,19-,20+/m0/s1. The Morgan fingerprint density at radius 1 is 1.36 bits per heavy atom. The van der Waals surface area contributed by atoms with Crippen molar-refractivity contribution in [2.75, 3.05) is 13.9 Å². The van der Waals surface area contributed by atoms with Gasteiger partial charge < -0.3 is 18.9 Å². The largest absolute Gasteiger partial charge is 0.493 e. The van der Waals surface area contributed by atoms with Crippen molar-refractivity contribution in [1.82, 2.24) is 0 Å². The maximum absolute atomic E-state index is 12.2. The van der Waals surface area contributed by atoms with Crippen molar-refractivity contribution in [3.8, 4) is 11.5 Å². The third kappa shape index (κ3) is 2.26. The molecule has 2 aliphatic heterocycles. The Hall–Kier alpha value is -2.69. The van der Waals surface area contributed by atoms with Crippen molar-refractivity contribution < 1.29 is 23.7 Å². The van der Waals surface area contributed by atoms with Crippen LogP contribution in [0.5, 0.6) is 11.5 Å². The predicted octanol–water partition coefficient (Wildman–Crippen LogP) is 3.68. The van der Waals surface area contributed by atoms with E-state index in [1.165, 1.54) is 7.11 Å². The van der Waals surface area contributed by atoms with Crippen LogP contribution in [0.25, 0.3) is 0 Å². The lowest BCUT2D eigenvalue weighted by Gasteiger charge is -2.31. The van der Waals surface area contributed by atoms with Gasteiger partial charge in [0.2, 0.25) is 12.6 Å². The lowest BCUT2D eigenvalue weighted by molar-refractivity contribution is -0.114. The number of methoxy groups -OCH3 is 1. The van der Waals surface area contributed by atoms with Gasteiger partial charge in [-0.2, -0.15) is 0 Å². The zero-order valence-corrected chi connectivity index (χ0v) is 14.3. The number of ketones is 1. The number of allylic oxidation sites excluding steroid dienone is 3. The van der Waals surface area contributed by atoms with Crippen molar-refractivity contribution in [3.05, 3.63) is 60.1 Å². The van der Waals surface area contributed by atoms with E-state index in [9.17, 15) is 4.79 Å². The molecule has 1 aliphatic carbocycles. The number of carbonyl (C=O) groups is 1. The van der Waals surface area contributed by atoms with Crippen molar-refractivity contribution in [2.45, 2.75) is 19.4 Å². The minimum Gasteiger partial charge on any atom is -0.493 e. The van der Waals surface area contributed by atoms with E-state index in [0.717, 1.165) is 17.1 Å². The second-order valence-corrected chi connectivity index (χ2v) is 6.56. The molecule has 0 saturated carbocycles. The molecule has 0 N–H and O–H groups in total. The van der Waals surface area contributed by atoms with Crippen LogP contribution in [0.1, 0.15) is 25.0 Å². The van der Waals surface area contributed by atoms with Crippen LogP contribution >= 0.6 is 0 Å². The predicted molar refractivity (Wildman–Crippen MR) is 91.0 cm³/mol. The summed E-state index contributed by atoms with van der Waals surface area (Å²) in [4.78, 5) is 12.2. The van der Waals surface area contributed by atoms with Gasteiger partial charge in [-0.25, -0.2) is 0 Å². The van der Waals surface area contributed by atoms with Crippen LogP contribution in [0.3, 0.4) is 0 Å². The summed E-state index contributed by atoms with van der Waals surface area (Å²) in [5.74, 6) is 2.41. The van der Waals surface area contributed by atoms with E-state index in [2.05, 4.69) is 13.5 Å². The van der Waals surface area contributed by atoms with Gasteiger partial charge in [-0.15, -0.1) is 6.58 Å². The van der Waals surface area contributed by atoms with Crippen LogP contribution in [0, 0.1) is 11.3 Å². The summed E-state index contributed by atoms with van der Waals surface area (Å²) in [5.41, 5.74) is 0.567. The summed E-state index contributed by atoms with van der Waals surface area (Å²) in [6, 6.07) is 5.83. The Morgan fingerprint density at radius 2 is 2.16 bits per heavy atom. The van der Waals surface area contributed by atoms with E-state index in [-0.39, 0.29) is 24.6 Å². The van der Waals surface area contributed by atoms with Crippen LogP contribution in [0.15, 0.2) is 54.5 Å². The molecule has 1 fully saturated rings. The molecule has 0 spiro atoms. The highest BCUT2D eigenvalue weighted by Crippen LogP contribution is 2.58. The Balaban J connectivity index is 1.76. The van der Waals surface area contributed by atoms with Crippen molar-refractivity contribution in [1.29, 1.82) is 0 Å². The molecule has 5 heteroatoms. The van der Waals surface area contributed by atoms with Crippen molar-refractivity contribution >= 4 is 5.78 Å². The molecule has 3 aliphatic rings. The molecule has 130 valence electrons. The zero-order valence-electron chi connectivity index (χ0n) is 14.3. The summed E-state index contributed by atoms with van der Waals surface area (Å²) < 4.78 is 22.4. The first-order valence-corrected chi connectivity index (χ1v) is 8.29. The number of carbonyl (C=O) groups excluding carboxylic acids is 1. The third-order valence-electron chi connectivity index (χ3n) is 5.30. The van der Waals surface area contributed by atoms with E-state index < -0.39 is 5.41 Å². The maximum atomic E-state index is 12.2. The highest BCUT2D eigenvalue weighted by Gasteiger charge is 2.53. The molecular weight excluding hydrogens is 320 g/mol. The fraction of sp³-hybridized carbons (Fsp3) is 0.350. The second-order valence-electron chi connectivity index (χ2n) is 6.56. The molecule has 0 unspecified atom stereocenters. The van der Waals surface area contributed by atoms with E-state index in [4.69, 9.17) is 18.9 Å². The number of hydrogen-bond donors (Lipinski definition) is 0. The van der Waals surface area contributed by atoms with Gasteiger partial charge >= 0.3 is 0 Å². The summed E-state index contributed by atoms with van der Waals surface area (Å²) in [6.07, 6.45) is 5.77. The molecule has 0 amide bonds. The molecule has 0 radical (unpaired) electrons. The van der Waals surface area contributed by atoms with Gasteiger partial charge in [0.25, 0.3) is 0 Å². The molecule has 5 nitrogen and oxygen atoms in total. The van der Waals surface area contributed by atoms with Gasteiger partial charge in [0.05, 0.1) is 12.5 Å². The fourth-order valence-corrected chi connectivity index (χ4v) is 3.90. The molecule has 0 aromatic heterocycles. The number of ether oxygens (including phenoxy) is 4. The van der Waals surface area contributed by atoms with Gasteiger partial charge in [-0.1, -0.05) is 19.1 Å². The van der Waals surface area contributed by atoms with Crippen LogP contribution in [-0.4, -0.2) is 19.7 Å². The van der Waals surface area contributed by atoms with Crippen LogP contribution in [-0.2, 0) is 14.3 Å². The van der Waals surface area contributed by atoms with E-state index in [0.29, 0.717) is 17.9 Å². The number of benzene rings is 1. The molecular formula is C20H20O5. The molecule has 1 aromatic carbocycles. The van der Waals surface area contributed by atoms with Gasteiger partial charge in [0.15, 0.2) is 17.3 Å². The van der Waals surface area contributed by atoms with E-state index in [1.807, 2.05) is 30.4 Å². The average Bonchev–Trinajstić information content (AvgIpc) is 3.18. The first-order valence-electron chi connectivity index (χ1n) is 8.29. The summed E-state index contributed by atoms with van der Waals surface area (Å²) >= 11 is 0. The molecule has 3 atom stereocenters. The van der Waals surface area contributed by atoms with E-state index in [1.54, 1.807) is 6.08 Å². The lowest BCUT2D eigenvalue weighted by atomic mass is 9.69. The normalized spacial score (nSPS) is 29.4. The Morgan fingerprint density at radius 3 is 2.92 bits per heavy atom. The molecule has 4 rings (SSSR count). The van der Waals surface area contributed by atoms with Gasteiger partial charge in [0.1, 0.15) is 11.9 Å². The van der Waals surface area contributed by atoms with Crippen molar-refractivity contribution in [3.63, 3.8) is 0 Å². The van der Waals surface area contributed by atoms with Crippen LogP contribution < -0.4 is 9.47 Å². The number of rotatable bonds is 4. The average molecular weight is 340 g/mol. The van der Waals surface area contributed by atoms with Crippen molar-refractivity contribution in [2.24, 2.45) is 11.3 Å². The van der Waals surface area contributed by atoms with Crippen LogP contribution in [0.2, 0.25) is 0 Å². The maximum Gasteiger partial charge on any atom is 0.231 e. The van der Waals surface area contributed by atoms with Gasteiger partial charge in [-0.05, 0) is 30.2 Å². The van der Waals surface area contributed by atoms with Gasteiger partial charge in [0, 0.05) is 12.0 Å². The summed E-state index contributed by atoms with van der Waals surface area (Å²) in [7, 11) is 1.51. The molecule has 25 heavy (non-hydrogen) atoms. The minimum atomic E-state index is -0.429. The SMILES string of the molecule is C=CC[C@]12C=C(OC)C(=O)C=C1O[C@H](c1ccc3c(c1)OCO3)[C@@H]2C. The number of fused-ring (bicyclic) bond motifs is 2. The Labute approximate surface area is 146 Å². The second kappa shape index (κ2) is 5.69. The number of hydrogen-bond acceptors (Lipinski definition) is 5. The topological polar surface area (TPSA) is 54.0 Å². The minimum absolute atomic E-state index is 0.0929. The smallest absolute Gasteiger partial charge is 0.231 e. The van der Waals surface area contributed by atoms with Crippen LogP contribution in [0.4, 0.5) is 0 Å². The Bertz CT molecular complexity index is 806. The monoisotopic (exact) mass is 340 g/mol. The molecule has 1 saturated heterocycles. The fourth-order valence-electron chi connectivity index (χ4n) is 3.90. The van der Waals surface area contributed by atoms with E-state index >= 15 is 0 Å². The molecule has 1 aromatic rings. The first kappa shape index (κ1) is 15.8. The third-order valence-corrected chi connectivity index (χ3v) is 5.30. The lowest BCUT2D eigenvalue weighted by Crippen LogP contribution is -2.29. The molecule has 0 bridgehead atoms.